The molecule has 3 heterocycles. The van der Waals surface area contributed by atoms with E-state index in [0.717, 1.165) is 28.6 Å². The summed E-state index contributed by atoms with van der Waals surface area (Å²) < 4.78 is 1.80. The van der Waals surface area contributed by atoms with Crippen molar-refractivity contribution in [2.75, 3.05) is 23.3 Å². The quantitative estimate of drug-likeness (QED) is 0.732. The van der Waals surface area contributed by atoms with E-state index in [1.807, 2.05) is 51.1 Å². The SMILES string of the molecule is Cc1ccc(NC(=O)C2CN(c3cc(-n4nc(C)cc4C)ncn3)C2)c(Cl)c1. The molecular formula is C20H21ClN6O. The third kappa shape index (κ3) is 3.57. The standard InChI is InChI=1S/C20H21ClN6O/c1-12-4-5-17(16(21)6-12)24-20(28)15-9-26(10-15)18-8-19(23-11-22-18)27-14(3)7-13(2)25-27/h4-8,11,15H,9-10H2,1-3H3,(H,24,28). The van der Waals surface area contributed by atoms with Gasteiger partial charge in [-0.1, -0.05) is 17.7 Å². The van der Waals surface area contributed by atoms with Crippen LogP contribution >= 0.6 is 11.6 Å². The van der Waals surface area contributed by atoms with Gasteiger partial charge in [0.15, 0.2) is 5.82 Å². The van der Waals surface area contributed by atoms with Gasteiger partial charge >= 0.3 is 0 Å². The summed E-state index contributed by atoms with van der Waals surface area (Å²) in [5.41, 5.74) is 3.65. The first kappa shape index (κ1) is 18.4. The van der Waals surface area contributed by atoms with E-state index in [1.54, 1.807) is 4.68 Å². The number of aromatic nitrogens is 4. The van der Waals surface area contributed by atoms with Gasteiger partial charge < -0.3 is 10.2 Å². The molecule has 28 heavy (non-hydrogen) atoms. The minimum absolute atomic E-state index is 0.0326. The van der Waals surface area contributed by atoms with Crippen LogP contribution in [0.15, 0.2) is 36.7 Å². The van der Waals surface area contributed by atoms with Crippen molar-refractivity contribution >= 4 is 29.0 Å². The number of hydrogen-bond donors (Lipinski definition) is 1. The Balaban J connectivity index is 1.42. The minimum Gasteiger partial charge on any atom is -0.355 e. The second kappa shape index (κ2) is 7.24. The minimum atomic E-state index is -0.107. The third-order valence-electron chi connectivity index (χ3n) is 4.82. The van der Waals surface area contributed by atoms with E-state index in [4.69, 9.17) is 11.6 Å². The van der Waals surface area contributed by atoms with Crippen molar-refractivity contribution in [1.29, 1.82) is 0 Å². The van der Waals surface area contributed by atoms with Crippen LogP contribution < -0.4 is 10.2 Å². The molecule has 3 aromatic rings. The second-order valence-electron chi connectivity index (χ2n) is 7.15. The van der Waals surface area contributed by atoms with Gasteiger partial charge in [0.1, 0.15) is 12.1 Å². The van der Waals surface area contributed by atoms with Gasteiger partial charge in [-0.15, -0.1) is 0 Å². The van der Waals surface area contributed by atoms with E-state index < -0.39 is 0 Å². The number of carbonyl (C=O) groups excluding carboxylic acids is 1. The average Bonchev–Trinajstić information content (AvgIpc) is 2.95. The largest absolute Gasteiger partial charge is 0.355 e. The number of halogens is 1. The number of aryl methyl sites for hydroxylation is 3. The first-order valence-corrected chi connectivity index (χ1v) is 9.46. The normalized spacial score (nSPS) is 14.1. The Morgan fingerprint density at radius 2 is 1.86 bits per heavy atom. The fraction of sp³-hybridized carbons (Fsp3) is 0.300. The summed E-state index contributed by atoms with van der Waals surface area (Å²) >= 11 is 6.20. The molecule has 1 N–H and O–H groups in total. The highest BCUT2D eigenvalue weighted by molar-refractivity contribution is 6.33. The number of anilines is 2. The van der Waals surface area contributed by atoms with Crippen LogP contribution in [0.1, 0.15) is 17.0 Å². The topological polar surface area (TPSA) is 75.9 Å². The van der Waals surface area contributed by atoms with E-state index in [1.165, 1.54) is 6.33 Å². The zero-order valence-electron chi connectivity index (χ0n) is 16.0. The van der Waals surface area contributed by atoms with Crippen LogP contribution in [0.5, 0.6) is 0 Å². The Hall–Kier alpha value is -2.93. The van der Waals surface area contributed by atoms with Crippen LogP contribution in [0.2, 0.25) is 5.02 Å². The number of nitrogens with zero attached hydrogens (tertiary/aromatic N) is 5. The number of carbonyl (C=O) groups is 1. The number of benzene rings is 1. The van der Waals surface area contributed by atoms with E-state index in [9.17, 15) is 4.79 Å². The summed E-state index contributed by atoms with van der Waals surface area (Å²) in [6.07, 6.45) is 1.53. The summed E-state index contributed by atoms with van der Waals surface area (Å²) in [7, 11) is 0. The molecule has 0 atom stereocenters. The van der Waals surface area contributed by atoms with E-state index in [2.05, 4.69) is 25.3 Å². The molecule has 0 radical (unpaired) electrons. The third-order valence-corrected chi connectivity index (χ3v) is 5.14. The Kier molecular flexibility index (Phi) is 4.77. The zero-order valence-corrected chi connectivity index (χ0v) is 16.7. The van der Waals surface area contributed by atoms with Gasteiger partial charge in [0.25, 0.3) is 0 Å². The molecule has 8 heteroatoms. The highest BCUT2D eigenvalue weighted by Crippen LogP contribution is 2.27. The molecule has 1 aromatic carbocycles. The summed E-state index contributed by atoms with van der Waals surface area (Å²) in [6, 6.07) is 9.49. The molecule has 1 fully saturated rings. The van der Waals surface area contributed by atoms with Crippen LogP contribution in [0.3, 0.4) is 0 Å². The van der Waals surface area contributed by atoms with Crippen LogP contribution in [-0.4, -0.2) is 38.7 Å². The summed E-state index contributed by atoms with van der Waals surface area (Å²) in [5, 5.41) is 7.93. The first-order valence-electron chi connectivity index (χ1n) is 9.08. The van der Waals surface area contributed by atoms with Crippen molar-refractivity contribution < 1.29 is 4.79 Å². The molecule has 1 aliphatic heterocycles. The highest BCUT2D eigenvalue weighted by Gasteiger charge is 2.34. The highest BCUT2D eigenvalue weighted by atomic mass is 35.5. The number of nitrogens with one attached hydrogen (secondary N) is 1. The van der Waals surface area contributed by atoms with Crippen molar-refractivity contribution in [1.82, 2.24) is 19.7 Å². The molecule has 1 saturated heterocycles. The maximum absolute atomic E-state index is 12.5. The predicted molar refractivity (Wildman–Crippen MR) is 109 cm³/mol. The molecule has 4 rings (SSSR count). The van der Waals surface area contributed by atoms with Crippen LogP contribution in [0.25, 0.3) is 5.82 Å². The molecule has 1 aliphatic rings. The Bertz CT molecular complexity index is 1040. The summed E-state index contributed by atoms with van der Waals surface area (Å²) in [5.74, 6) is 1.37. The molecule has 7 nitrogen and oxygen atoms in total. The van der Waals surface area contributed by atoms with Crippen molar-refractivity contribution in [2.24, 2.45) is 5.92 Å². The zero-order chi connectivity index (χ0) is 19.8. The van der Waals surface area contributed by atoms with Crippen molar-refractivity contribution in [3.05, 3.63) is 58.6 Å². The molecular weight excluding hydrogens is 376 g/mol. The molecule has 1 amide bonds. The van der Waals surface area contributed by atoms with E-state index in [-0.39, 0.29) is 11.8 Å². The smallest absolute Gasteiger partial charge is 0.231 e. The lowest BCUT2D eigenvalue weighted by Crippen LogP contribution is -2.52. The lowest BCUT2D eigenvalue weighted by Gasteiger charge is -2.39. The lowest BCUT2D eigenvalue weighted by atomic mass is 9.99. The maximum Gasteiger partial charge on any atom is 0.231 e. The fourth-order valence-corrected chi connectivity index (χ4v) is 3.56. The molecule has 0 aliphatic carbocycles. The van der Waals surface area contributed by atoms with Crippen molar-refractivity contribution in [3.8, 4) is 5.82 Å². The van der Waals surface area contributed by atoms with Gasteiger partial charge in [-0.2, -0.15) is 5.10 Å². The second-order valence-corrected chi connectivity index (χ2v) is 7.55. The number of rotatable bonds is 4. The monoisotopic (exact) mass is 396 g/mol. The van der Waals surface area contributed by atoms with Gasteiger partial charge in [-0.05, 0) is 44.5 Å². The summed E-state index contributed by atoms with van der Waals surface area (Å²) in [6.45, 7) is 7.10. The van der Waals surface area contributed by atoms with Gasteiger partial charge in [0.05, 0.1) is 22.3 Å². The van der Waals surface area contributed by atoms with Crippen LogP contribution in [0, 0.1) is 26.7 Å². The molecule has 0 saturated carbocycles. The predicted octanol–water partition coefficient (Wildman–Crippen LogP) is 3.32. The van der Waals surface area contributed by atoms with Gasteiger partial charge in [0.2, 0.25) is 5.91 Å². The van der Waals surface area contributed by atoms with Gasteiger partial charge in [0, 0.05) is 24.8 Å². The Morgan fingerprint density at radius 1 is 1.11 bits per heavy atom. The summed E-state index contributed by atoms with van der Waals surface area (Å²) in [4.78, 5) is 23.2. The molecule has 0 unspecified atom stereocenters. The first-order chi connectivity index (χ1) is 13.4. The van der Waals surface area contributed by atoms with Crippen LogP contribution in [-0.2, 0) is 4.79 Å². The fourth-order valence-electron chi connectivity index (χ4n) is 3.27. The Labute approximate surface area is 168 Å². The number of hydrogen-bond acceptors (Lipinski definition) is 5. The molecule has 144 valence electrons. The van der Waals surface area contributed by atoms with Gasteiger partial charge in [-0.3, -0.25) is 4.79 Å². The Morgan fingerprint density at radius 3 is 2.54 bits per heavy atom. The maximum atomic E-state index is 12.5. The molecule has 0 bridgehead atoms. The van der Waals surface area contributed by atoms with Crippen molar-refractivity contribution in [2.45, 2.75) is 20.8 Å². The molecule has 2 aromatic heterocycles. The van der Waals surface area contributed by atoms with Gasteiger partial charge in [-0.25, -0.2) is 14.6 Å². The van der Waals surface area contributed by atoms with E-state index in [0.29, 0.717) is 23.8 Å². The lowest BCUT2D eigenvalue weighted by molar-refractivity contribution is -0.120. The van der Waals surface area contributed by atoms with E-state index >= 15 is 0 Å². The molecule has 0 spiro atoms. The average molecular weight is 397 g/mol. The van der Waals surface area contributed by atoms with Crippen LogP contribution in [0.4, 0.5) is 11.5 Å². The van der Waals surface area contributed by atoms with Crippen molar-refractivity contribution in [3.63, 3.8) is 0 Å². The number of amides is 1.